The van der Waals surface area contributed by atoms with Crippen LogP contribution in [0.1, 0.15) is 52.2 Å². The molecule has 3 aromatic rings. The maximum Gasteiger partial charge on any atom is 0.409 e. The van der Waals surface area contributed by atoms with Gasteiger partial charge < -0.3 is 18.9 Å². The van der Waals surface area contributed by atoms with E-state index in [9.17, 15) is 14.4 Å². The van der Waals surface area contributed by atoms with E-state index in [0.717, 1.165) is 21.1 Å². The van der Waals surface area contributed by atoms with Gasteiger partial charge in [0.2, 0.25) is 5.54 Å². The zero-order valence-corrected chi connectivity index (χ0v) is 26.7. The molecule has 1 N–H and O–H groups in total. The van der Waals surface area contributed by atoms with Gasteiger partial charge in [-0.1, -0.05) is 65.8 Å². The van der Waals surface area contributed by atoms with Crippen LogP contribution in [0.3, 0.4) is 0 Å². The Labute approximate surface area is 262 Å². The molecule has 0 aromatic heterocycles. The second-order valence-electron chi connectivity index (χ2n) is 10.6. The predicted molar refractivity (Wildman–Crippen MR) is 166 cm³/mol. The van der Waals surface area contributed by atoms with Crippen LogP contribution in [-0.2, 0) is 36.8 Å². The second kappa shape index (κ2) is 15.7. The Morgan fingerprint density at radius 3 is 2.09 bits per heavy atom. The third-order valence-electron chi connectivity index (χ3n) is 6.05. The number of carbonyl (C=O) groups is 3. The van der Waals surface area contributed by atoms with Crippen LogP contribution in [0, 0.1) is 0 Å². The Kier molecular flexibility index (Phi) is 12.3. The minimum absolute atomic E-state index is 0.00115. The highest BCUT2D eigenvalue weighted by Crippen LogP contribution is 2.34. The molecule has 0 aliphatic rings. The summed E-state index contributed by atoms with van der Waals surface area (Å²) in [5, 5.41) is 2.89. The highest BCUT2D eigenvalue weighted by atomic mass is 35.5. The summed E-state index contributed by atoms with van der Waals surface area (Å²) in [6, 6.07) is 23.3. The lowest BCUT2D eigenvalue weighted by atomic mass is 9.91. The number of hydrogen-bond acceptors (Lipinski definition) is 8. The van der Waals surface area contributed by atoms with E-state index >= 15 is 0 Å². The van der Waals surface area contributed by atoms with E-state index in [1.807, 2.05) is 72.8 Å². The van der Waals surface area contributed by atoms with Gasteiger partial charge in [-0.3, -0.25) is 5.32 Å². The summed E-state index contributed by atoms with van der Waals surface area (Å²) >= 11 is 8.19. The van der Waals surface area contributed by atoms with Crippen molar-refractivity contribution in [3.05, 3.63) is 88.9 Å². The number of rotatable bonds is 13. The first-order valence-corrected chi connectivity index (χ1v) is 15.2. The van der Waals surface area contributed by atoms with Gasteiger partial charge in [-0.25, -0.2) is 14.4 Å². The van der Waals surface area contributed by atoms with Crippen molar-refractivity contribution >= 4 is 41.4 Å². The van der Waals surface area contributed by atoms with Gasteiger partial charge in [0.1, 0.15) is 18.0 Å². The molecule has 0 aliphatic carbocycles. The molecule has 0 unspecified atom stereocenters. The maximum atomic E-state index is 13.2. The van der Waals surface area contributed by atoms with Crippen molar-refractivity contribution in [2.24, 2.45) is 0 Å². The van der Waals surface area contributed by atoms with Crippen molar-refractivity contribution in [3.63, 3.8) is 0 Å². The van der Waals surface area contributed by atoms with Gasteiger partial charge in [0.05, 0.1) is 13.2 Å². The number of ether oxygens (including phenoxy) is 4. The lowest BCUT2D eigenvalue weighted by Gasteiger charge is -2.31. The molecule has 1 amide bonds. The SMILES string of the molecule is CCOC(=O)C(CCc1ccc(Sc2cccc(OCc3ccccc3)c2)cc1Cl)(NC(=O)OC(C)(C)C)C(=O)OCC. The molecule has 0 saturated heterocycles. The molecule has 0 bridgehead atoms. The van der Waals surface area contributed by atoms with E-state index in [-0.39, 0.29) is 26.1 Å². The monoisotopic (exact) mass is 627 g/mol. The molecule has 0 atom stereocenters. The Balaban J connectivity index is 1.76. The quantitative estimate of drug-likeness (QED) is 0.119. The van der Waals surface area contributed by atoms with E-state index in [0.29, 0.717) is 17.2 Å². The Bertz CT molecular complexity index is 1370. The number of aryl methyl sites for hydroxylation is 1. The number of halogens is 1. The molecule has 3 rings (SSSR count). The van der Waals surface area contributed by atoms with E-state index in [4.69, 9.17) is 30.5 Å². The molecule has 0 aliphatic heterocycles. The number of alkyl carbamates (subject to hydrolysis) is 1. The van der Waals surface area contributed by atoms with Crippen LogP contribution < -0.4 is 10.1 Å². The van der Waals surface area contributed by atoms with Gasteiger partial charge in [0, 0.05) is 14.8 Å². The minimum Gasteiger partial charge on any atom is -0.489 e. The smallest absolute Gasteiger partial charge is 0.409 e. The summed E-state index contributed by atoms with van der Waals surface area (Å²) in [4.78, 5) is 40.9. The fraction of sp³-hybridized carbons (Fsp3) is 0.364. The maximum absolute atomic E-state index is 13.2. The molecule has 3 aromatic carbocycles. The standard InChI is InChI=1S/C33H38ClNO7S/c1-6-39-29(36)33(30(37)40-7-2,35-31(38)42-32(3,4)5)19-18-24-16-17-27(21-28(24)34)43-26-15-11-14-25(20-26)41-22-23-12-9-8-10-13-23/h8-17,20-21H,6-7,18-19,22H2,1-5H3,(H,35,38). The Morgan fingerprint density at radius 2 is 1.49 bits per heavy atom. The predicted octanol–water partition coefficient (Wildman–Crippen LogP) is 7.39. The summed E-state index contributed by atoms with van der Waals surface area (Å²) in [6.07, 6.45) is -0.932. The molecule has 0 radical (unpaired) electrons. The molecule has 43 heavy (non-hydrogen) atoms. The molecule has 0 spiro atoms. The van der Waals surface area contributed by atoms with Crippen molar-refractivity contribution in [2.45, 2.75) is 75.0 Å². The van der Waals surface area contributed by atoms with Gasteiger partial charge >= 0.3 is 18.0 Å². The minimum atomic E-state index is -2.12. The van der Waals surface area contributed by atoms with Crippen molar-refractivity contribution in [1.29, 1.82) is 0 Å². The highest BCUT2D eigenvalue weighted by molar-refractivity contribution is 7.99. The van der Waals surface area contributed by atoms with E-state index in [2.05, 4.69) is 5.32 Å². The van der Waals surface area contributed by atoms with Gasteiger partial charge in [0.15, 0.2) is 0 Å². The Hall–Kier alpha value is -3.69. The van der Waals surface area contributed by atoms with E-state index in [1.165, 1.54) is 11.8 Å². The summed E-state index contributed by atoms with van der Waals surface area (Å²) in [6.45, 7) is 8.72. The summed E-state index contributed by atoms with van der Waals surface area (Å²) in [5.41, 5.74) is -1.22. The lowest BCUT2D eigenvalue weighted by molar-refractivity contribution is -0.166. The number of benzene rings is 3. The van der Waals surface area contributed by atoms with Crippen molar-refractivity contribution in [2.75, 3.05) is 13.2 Å². The number of nitrogens with one attached hydrogen (secondary N) is 1. The molecule has 10 heteroatoms. The molecule has 0 heterocycles. The fourth-order valence-electron chi connectivity index (χ4n) is 4.06. The van der Waals surface area contributed by atoms with Crippen molar-refractivity contribution in [1.82, 2.24) is 5.32 Å². The normalized spacial score (nSPS) is 11.4. The topological polar surface area (TPSA) is 100 Å². The molecular weight excluding hydrogens is 590 g/mol. The first kappa shape index (κ1) is 33.8. The van der Waals surface area contributed by atoms with Crippen LogP contribution in [0.5, 0.6) is 5.75 Å². The van der Waals surface area contributed by atoms with Gasteiger partial charge in [-0.15, -0.1) is 0 Å². The van der Waals surface area contributed by atoms with Gasteiger partial charge in [0.25, 0.3) is 0 Å². The molecule has 230 valence electrons. The lowest BCUT2D eigenvalue weighted by Crippen LogP contribution is -2.62. The average molecular weight is 628 g/mol. The summed E-state index contributed by atoms with van der Waals surface area (Å²) < 4.78 is 21.7. The fourth-order valence-corrected chi connectivity index (χ4v) is 5.31. The molecular formula is C33H38ClNO7S. The largest absolute Gasteiger partial charge is 0.489 e. The van der Waals surface area contributed by atoms with Crippen LogP contribution in [0.4, 0.5) is 4.79 Å². The zero-order valence-electron chi connectivity index (χ0n) is 25.1. The third kappa shape index (κ3) is 10.2. The average Bonchev–Trinajstić information content (AvgIpc) is 2.95. The molecule has 0 fully saturated rings. The van der Waals surface area contributed by atoms with Crippen LogP contribution >= 0.6 is 23.4 Å². The van der Waals surface area contributed by atoms with Crippen LogP contribution in [0.2, 0.25) is 5.02 Å². The zero-order chi connectivity index (χ0) is 31.5. The van der Waals surface area contributed by atoms with Crippen molar-refractivity contribution in [3.8, 4) is 5.75 Å². The first-order chi connectivity index (χ1) is 20.5. The number of carbonyl (C=O) groups excluding carboxylic acids is 3. The third-order valence-corrected chi connectivity index (χ3v) is 7.38. The number of hydrogen-bond donors (Lipinski definition) is 1. The van der Waals surface area contributed by atoms with E-state index in [1.54, 1.807) is 34.6 Å². The van der Waals surface area contributed by atoms with Crippen LogP contribution in [-0.4, -0.2) is 42.4 Å². The highest BCUT2D eigenvalue weighted by Gasteiger charge is 2.51. The van der Waals surface area contributed by atoms with Crippen LogP contribution in [0.25, 0.3) is 0 Å². The van der Waals surface area contributed by atoms with Gasteiger partial charge in [-0.05, 0) is 88.9 Å². The van der Waals surface area contributed by atoms with Crippen molar-refractivity contribution < 1.29 is 33.3 Å². The number of amides is 1. The summed E-state index contributed by atoms with van der Waals surface area (Å²) in [7, 11) is 0. The second-order valence-corrected chi connectivity index (χ2v) is 12.1. The molecule has 0 saturated carbocycles. The molecule has 8 nitrogen and oxygen atoms in total. The number of esters is 2. The Morgan fingerprint density at radius 1 is 0.837 bits per heavy atom. The van der Waals surface area contributed by atoms with Gasteiger partial charge in [-0.2, -0.15) is 0 Å². The van der Waals surface area contributed by atoms with E-state index < -0.39 is 29.2 Å². The van der Waals surface area contributed by atoms with Crippen LogP contribution in [0.15, 0.2) is 82.6 Å². The summed E-state index contributed by atoms with van der Waals surface area (Å²) in [5.74, 6) is -1.11. The first-order valence-electron chi connectivity index (χ1n) is 14.0.